The van der Waals surface area contributed by atoms with E-state index in [1.54, 1.807) is 18.7 Å². The first-order valence-electron chi connectivity index (χ1n) is 7.14. The van der Waals surface area contributed by atoms with Gasteiger partial charge in [0, 0.05) is 19.4 Å². The molecule has 0 aliphatic carbocycles. The van der Waals surface area contributed by atoms with Crippen LogP contribution in [0.2, 0.25) is 0 Å². The summed E-state index contributed by atoms with van der Waals surface area (Å²) in [6.45, 7) is 0. The third-order valence-corrected chi connectivity index (χ3v) is 4.73. The van der Waals surface area contributed by atoms with Gasteiger partial charge in [-0.15, -0.1) is 0 Å². The fraction of sp³-hybridized carbons (Fsp3) is 0.312. The van der Waals surface area contributed by atoms with Crippen LogP contribution in [0.3, 0.4) is 0 Å². The summed E-state index contributed by atoms with van der Waals surface area (Å²) in [6.07, 6.45) is 2.08. The van der Waals surface area contributed by atoms with E-state index in [0.717, 1.165) is 11.3 Å². The third-order valence-electron chi connectivity index (χ3n) is 4.00. The van der Waals surface area contributed by atoms with E-state index in [2.05, 4.69) is 10.3 Å². The van der Waals surface area contributed by atoms with Crippen molar-refractivity contribution < 1.29 is 9.53 Å². The number of ether oxygens (including phenoxy) is 1. The monoisotopic (exact) mass is 331 g/mol. The summed E-state index contributed by atoms with van der Waals surface area (Å²) in [6, 6.07) is 7.42. The molecule has 0 spiro atoms. The molecule has 1 aliphatic heterocycles. The number of hydrogen-bond acceptors (Lipinski definition) is 5. The smallest absolute Gasteiger partial charge is 0.279 e. The molecule has 1 aromatic carbocycles. The Kier molecular flexibility index (Phi) is 4.12. The van der Waals surface area contributed by atoms with Crippen LogP contribution in [0, 0.1) is 0 Å². The number of anilines is 1. The van der Waals surface area contributed by atoms with E-state index in [9.17, 15) is 9.59 Å². The number of benzene rings is 1. The molecule has 23 heavy (non-hydrogen) atoms. The van der Waals surface area contributed by atoms with Gasteiger partial charge in [0.2, 0.25) is 5.91 Å². The third kappa shape index (κ3) is 2.72. The number of rotatable bonds is 3. The number of thioether (sulfide) groups is 1. The summed E-state index contributed by atoms with van der Waals surface area (Å²) in [5.41, 5.74) is 1.15. The summed E-state index contributed by atoms with van der Waals surface area (Å²) in [5.74, 6) is 0.864. The topological polar surface area (TPSA) is 73.2 Å². The molecule has 1 aromatic heterocycles. The molecular formula is C16H17N3O3S. The SMILES string of the molecule is COc1ccc([C@@H]2CC(=O)Nc3c2c(=O)nc(SC)n3C)cc1. The highest BCUT2D eigenvalue weighted by Crippen LogP contribution is 2.35. The predicted octanol–water partition coefficient (Wildman–Crippen LogP) is 1.98. The maximum absolute atomic E-state index is 12.5. The van der Waals surface area contributed by atoms with Crippen molar-refractivity contribution in [2.24, 2.45) is 7.05 Å². The van der Waals surface area contributed by atoms with Gasteiger partial charge in [0.25, 0.3) is 5.56 Å². The van der Waals surface area contributed by atoms with Gasteiger partial charge in [-0.05, 0) is 24.0 Å². The molecule has 2 heterocycles. The number of methoxy groups -OCH3 is 1. The van der Waals surface area contributed by atoms with Gasteiger partial charge in [0.05, 0.1) is 12.7 Å². The predicted molar refractivity (Wildman–Crippen MR) is 89.3 cm³/mol. The average Bonchev–Trinajstić information content (AvgIpc) is 2.57. The molecule has 1 atom stereocenters. The second-order valence-electron chi connectivity index (χ2n) is 5.30. The lowest BCUT2D eigenvalue weighted by atomic mass is 9.87. The van der Waals surface area contributed by atoms with Crippen molar-refractivity contribution in [2.45, 2.75) is 17.5 Å². The zero-order chi connectivity index (χ0) is 16.6. The number of hydrogen-bond donors (Lipinski definition) is 1. The summed E-state index contributed by atoms with van der Waals surface area (Å²) in [5, 5.41) is 3.39. The summed E-state index contributed by atoms with van der Waals surface area (Å²) < 4.78 is 6.92. The molecule has 0 fully saturated rings. The molecule has 0 saturated heterocycles. The largest absolute Gasteiger partial charge is 0.497 e. The Bertz CT molecular complexity index is 815. The molecule has 6 nitrogen and oxygen atoms in total. The van der Waals surface area contributed by atoms with Gasteiger partial charge in [-0.1, -0.05) is 23.9 Å². The fourth-order valence-corrected chi connectivity index (χ4v) is 3.38. The molecule has 0 saturated carbocycles. The Morgan fingerprint density at radius 3 is 2.61 bits per heavy atom. The second-order valence-corrected chi connectivity index (χ2v) is 6.08. The first kappa shape index (κ1) is 15.6. The van der Waals surface area contributed by atoms with Gasteiger partial charge < -0.3 is 14.6 Å². The van der Waals surface area contributed by atoms with Crippen LogP contribution in [0.1, 0.15) is 23.5 Å². The van der Waals surface area contributed by atoms with Crippen LogP contribution in [0.4, 0.5) is 5.82 Å². The normalized spacial score (nSPS) is 16.7. The Morgan fingerprint density at radius 1 is 1.30 bits per heavy atom. The van der Waals surface area contributed by atoms with Gasteiger partial charge in [-0.25, -0.2) is 0 Å². The standard InChI is InChI=1S/C16H17N3O3S/c1-19-14-13(15(21)18-16(19)23-3)11(8-12(20)17-14)9-4-6-10(22-2)7-5-9/h4-7,11H,8H2,1-3H3,(H,17,20)/t11-/m0/s1. The van der Waals surface area contributed by atoms with E-state index in [4.69, 9.17) is 4.74 Å². The number of nitrogens with one attached hydrogen (secondary N) is 1. The van der Waals surface area contributed by atoms with E-state index in [1.165, 1.54) is 11.8 Å². The van der Waals surface area contributed by atoms with Crippen molar-refractivity contribution in [3.8, 4) is 5.75 Å². The highest BCUT2D eigenvalue weighted by molar-refractivity contribution is 7.98. The number of fused-ring (bicyclic) bond motifs is 1. The first-order chi connectivity index (χ1) is 11.0. The summed E-state index contributed by atoms with van der Waals surface area (Å²) in [4.78, 5) is 28.7. The van der Waals surface area contributed by atoms with Crippen molar-refractivity contribution in [3.05, 3.63) is 45.7 Å². The highest BCUT2D eigenvalue weighted by Gasteiger charge is 2.31. The molecular weight excluding hydrogens is 314 g/mol. The number of carbonyl (C=O) groups excluding carboxylic acids is 1. The maximum atomic E-state index is 12.5. The van der Waals surface area contributed by atoms with Crippen LogP contribution in [-0.4, -0.2) is 28.8 Å². The molecule has 0 radical (unpaired) electrons. The minimum Gasteiger partial charge on any atom is -0.497 e. The first-order valence-corrected chi connectivity index (χ1v) is 8.36. The van der Waals surface area contributed by atoms with E-state index in [1.807, 2.05) is 30.5 Å². The molecule has 2 aromatic rings. The number of nitrogens with zero attached hydrogens (tertiary/aromatic N) is 2. The number of amides is 1. The number of carbonyl (C=O) groups is 1. The lowest BCUT2D eigenvalue weighted by Gasteiger charge is -2.27. The minimum atomic E-state index is -0.299. The molecule has 1 amide bonds. The molecule has 1 N–H and O–H groups in total. The minimum absolute atomic E-state index is 0.105. The van der Waals surface area contributed by atoms with Crippen LogP contribution in [0.25, 0.3) is 0 Å². The lowest BCUT2D eigenvalue weighted by molar-refractivity contribution is -0.116. The molecule has 1 aliphatic rings. The number of aromatic nitrogens is 2. The Hall–Kier alpha value is -2.28. The molecule has 0 unspecified atom stereocenters. The maximum Gasteiger partial charge on any atom is 0.279 e. The highest BCUT2D eigenvalue weighted by atomic mass is 32.2. The van der Waals surface area contributed by atoms with Gasteiger partial charge in [0.15, 0.2) is 5.16 Å². The van der Waals surface area contributed by atoms with E-state index < -0.39 is 0 Å². The molecule has 3 rings (SSSR count). The Morgan fingerprint density at radius 2 is 2.00 bits per heavy atom. The van der Waals surface area contributed by atoms with Crippen LogP contribution < -0.4 is 15.6 Å². The van der Waals surface area contributed by atoms with Crippen molar-refractivity contribution in [1.82, 2.24) is 9.55 Å². The molecule has 0 bridgehead atoms. The Balaban J connectivity index is 2.16. The fourth-order valence-electron chi connectivity index (χ4n) is 2.84. The second kappa shape index (κ2) is 6.08. The lowest BCUT2D eigenvalue weighted by Crippen LogP contribution is -2.33. The van der Waals surface area contributed by atoms with Crippen molar-refractivity contribution in [2.75, 3.05) is 18.7 Å². The van der Waals surface area contributed by atoms with E-state index in [0.29, 0.717) is 16.5 Å². The quantitative estimate of drug-likeness (QED) is 0.688. The van der Waals surface area contributed by atoms with Gasteiger partial charge in [-0.3, -0.25) is 9.59 Å². The van der Waals surface area contributed by atoms with Crippen molar-refractivity contribution in [1.29, 1.82) is 0 Å². The van der Waals surface area contributed by atoms with Crippen LogP contribution in [0.15, 0.2) is 34.2 Å². The summed E-state index contributed by atoms with van der Waals surface area (Å²) in [7, 11) is 3.40. The van der Waals surface area contributed by atoms with Crippen molar-refractivity contribution >= 4 is 23.5 Å². The zero-order valence-corrected chi connectivity index (χ0v) is 13.9. The van der Waals surface area contributed by atoms with Crippen LogP contribution in [0.5, 0.6) is 5.75 Å². The van der Waals surface area contributed by atoms with Gasteiger partial charge in [0.1, 0.15) is 11.6 Å². The van der Waals surface area contributed by atoms with Crippen LogP contribution in [-0.2, 0) is 11.8 Å². The van der Waals surface area contributed by atoms with E-state index in [-0.39, 0.29) is 23.8 Å². The van der Waals surface area contributed by atoms with Gasteiger partial charge in [-0.2, -0.15) is 4.98 Å². The van der Waals surface area contributed by atoms with Crippen molar-refractivity contribution in [3.63, 3.8) is 0 Å². The molecule has 120 valence electrons. The van der Waals surface area contributed by atoms with Crippen LogP contribution >= 0.6 is 11.8 Å². The van der Waals surface area contributed by atoms with E-state index >= 15 is 0 Å². The zero-order valence-electron chi connectivity index (χ0n) is 13.1. The van der Waals surface area contributed by atoms with Gasteiger partial charge >= 0.3 is 0 Å². The Labute approximate surface area is 137 Å². The average molecular weight is 331 g/mol. The molecule has 7 heteroatoms. The summed E-state index contributed by atoms with van der Waals surface area (Å²) >= 11 is 1.37.